The topological polar surface area (TPSA) is 84.9 Å². The molecule has 0 unspecified atom stereocenters. The minimum atomic E-state index is -1.31. The van der Waals surface area contributed by atoms with Gasteiger partial charge in [-0.15, -0.1) is 0 Å². The number of hydrogen-bond donors (Lipinski definition) is 1. The molecule has 2 atom stereocenters. The average Bonchev–Trinajstić information content (AvgIpc) is 2.69. The third-order valence-electron chi connectivity index (χ3n) is 4.27. The summed E-state index contributed by atoms with van der Waals surface area (Å²) in [5, 5.41) is 2.17. The largest absolute Gasteiger partial charge is 0.475 e. The van der Waals surface area contributed by atoms with E-state index in [0.717, 1.165) is 18.2 Å². The number of fused-ring (bicyclic) bond motifs is 1. The van der Waals surface area contributed by atoms with Crippen LogP contribution in [0.4, 0.5) is 20.2 Å². The second-order valence-corrected chi connectivity index (χ2v) is 6.40. The molecule has 1 heterocycles. The van der Waals surface area contributed by atoms with Crippen molar-refractivity contribution in [3.8, 4) is 5.75 Å². The molecule has 9 heteroatoms. The maximum atomic E-state index is 13.7. The standard InChI is InChI=1S/C20H18F2N2O5/c1-11(19(26)23-15-9-13(21)7-8-14(15)22)28-20(27)18-10-24(12(2)25)16-5-3-4-6-17(16)29-18/h3-9,11,18H,10H2,1-2H3,(H,23,26)/t11-,18-/m0/s1. The quantitative estimate of drug-likeness (QED) is 0.792. The van der Waals surface area contributed by atoms with Gasteiger partial charge in [-0.2, -0.15) is 0 Å². The number of hydrogen-bond acceptors (Lipinski definition) is 5. The van der Waals surface area contributed by atoms with Crippen molar-refractivity contribution in [2.24, 2.45) is 0 Å². The van der Waals surface area contributed by atoms with Gasteiger partial charge < -0.3 is 19.7 Å². The number of halogens is 2. The summed E-state index contributed by atoms with van der Waals surface area (Å²) in [6.45, 7) is 2.55. The number of ether oxygens (including phenoxy) is 2. The van der Waals surface area contributed by atoms with Gasteiger partial charge in [0.05, 0.1) is 17.9 Å². The number of carbonyl (C=O) groups is 3. The fourth-order valence-electron chi connectivity index (χ4n) is 2.79. The highest BCUT2D eigenvalue weighted by Crippen LogP contribution is 2.33. The Hall–Kier alpha value is -3.49. The third kappa shape index (κ3) is 4.50. The molecule has 29 heavy (non-hydrogen) atoms. The Morgan fingerprint density at radius 1 is 1.21 bits per heavy atom. The SMILES string of the molecule is CC(=O)N1C[C@@H](C(=O)O[C@@H](C)C(=O)Nc2cc(F)ccc2F)Oc2ccccc21. The zero-order valence-corrected chi connectivity index (χ0v) is 15.6. The van der Waals surface area contributed by atoms with Gasteiger partial charge in [-0.3, -0.25) is 9.59 Å². The lowest BCUT2D eigenvalue weighted by Gasteiger charge is -2.33. The molecule has 0 saturated heterocycles. The lowest BCUT2D eigenvalue weighted by molar-refractivity contribution is -0.160. The van der Waals surface area contributed by atoms with Gasteiger partial charge in [0.15, 0.2) is 6.10 Å². The molecule has 0 bridgehead atoms. The molecular formula is C20H18F2N2O5. The van der Waals surface area contributed by atoms with E-state index in [1.54, 1.807) is 24.3 Å². The van der Waals surface area contributed by atoms with E-state index in [4.69, 9.17) is 9.47 Å². The minimum Gasteiger partial charge on any atom is -0.475 e. The van der Waals surface area contributed by atoms with Gasteiger partial charge in [-0.05, 0) is 31.2 Å². The highest BCUT2D eigenvalue weighted by molar-refractivity contribution is 5.97. The molecule has 7 nitrogen and oxygen atoms in total. The Labute approximate surface area is 165 Å². The van der Waals surface area contributed by atoms with Crippen molar-refractivity contribution in [1.29, 1.82) is 0 Å². The van der Waals surface area contributed by atoms with Crippen LogP contribution in [0.15, 0.2) is 42.5 Å². The maximum Gasteiger partial charge on any atom is 0.350 e. The van der Waals surface area contributed by atoms with E-state index in [1.807, 2.05) is 0 Å². The van der Waals surface area contributed by atoms with Crippen LogP contribution >= 0.6 is 0 Å². The zero-order valence-electron chi connectivity index (χ0n) is 15.6. The summed E-state index contributed by atoms with van der Waals surface area (Å²) in [6, 6.07) is 9.30. The van der Waals surface area contributed by atoms with E-state index >= 15 is 0 Å². The van der Waals surface area contributed by atoms with Gasteiger partial charge in [0.1, 0.15) is 17.4 Å². The summed E-state index contributed by atoms with van der Waals surface area (Å²) in [7, 11) is 0. The highest BCUT2D eigenvalue weighted by atomic mass is 19.1. The van der Waals surface area contributed by atoms with Crippen LogP contribution in [-0.4, -0.2) is 36.5 Å². The van der Waals surface area contributed by atoms with Gasteiger partial charge in [0.25, 0.3) is 5.91 Å². The summed E-state index contributed by atoms with van der Waals surface area (Å²) in [4.78, 5) is 37.9. The van der Waals surface area contributed by atoms with Gasteiger partial charge in [0, 0.05) is 13.0 Å². The fourth-order valence-corrected chi connectivity index (χ4v) is 2.79. The Morgan fingerprint density at radius 2 is 1.93 bits per heavy atom. The van der Waals surface area contributed by atoms with Crippen LogP contribution in [-0.2, 0) is 19.1 Å². The van der Waals surface area contributed by atoms with Crippen molar-refractivity contribution < 1.29 is 32.6 Å². The van der Waals surface area contributed by atoms with Crippen molar-refractivity contribution in [1.82, 2.24) is 0 Å². The molecule has 0 radical (unpaired) electrons. The van der Waals surface area contributed by atoms with E-state index in [1.165, 1.54) is 18.7 Å². The first-order valence-corrected chi connectivity index (χ1v) is 8.76. The van der Waals surface area contributed by atoms with Crippen LogP contribution in [0.1, 0.15) is 13.8 Å². The predicted octanol–water partition coefficient (Wildman–Crippen LogP) is 2.65. The van der Waals surface area contributed by atoms with E-state index in [-0.39, 0.29) is 18.1 Å². The van der Waals surface area contributed by atoms with Crippen LogP contribution in [0, 0.1) is 11.6 Å². The van der Waals surface area contributed by atoms with Crippen molar-refractivity contribution in [3.63, 3.8) is 0 Å². The number of anilines is 2. The Bertz CT molecular complexity index is 966. The fraction of sp³-hybridized carbons (Fsp3) is 0.250. The van der Waals surface area contributed by atoms with Crippen LogP contribution in [0.2, 0.25) is 0 Å². The normalized spacial score (nSPS) is 16.3. The van der Waals surface area contributed by atoms with E-state index in [2.05, 4.69) is 5.32 Å². The van der Waals surface area contributed by atoms with Crippen LogP contribution in [0.25, 0.3) is 0 Å². The second-order valence-electron chi connectivity index (χ2n) is 6.40. The Morgan fingerprint density at radius 3 is 2.66 bits per heavy atom. The van der Waals surface area contributed by atoms with Crippen molar-refractivity contribution in [3.05, 3.63) is 54.1 Å². The molecule has 0 fully saturated rings. The van der Waals surface area contributed by atoms with Crippen molar-refractivity contribution in [2.45, 2.75) is 26.1 Å². The summed E-state index contributed by atoms with van der Waals surface area (Å²) >= 11 is 0. The molecule has 152 valence electrons. The smallest absolute Gasteiger partial charge is 0.350 e. The average molecular weight is 404 g/mol. The number of esters is 1. The van der Waals surface area contributed by atoms with Crippen molar-refractivity contribution >= 4 is 29.2 Å². The molecule has 3 rings (SSSR count). The van der Waals surface area contributed by atoms with Gasteiger partial charge in [-0.1, -0.05) is 12.1 Å². The number of carbonyl (C=O) groups excluding carboxylic acids is 3. The number of nitrogens with zero attached hydrogens (tertiary/aromatic N) is 1. The van der Waals surface area contributed by atoms with Gasteiger partial charge >= 0.3 is 5.97 Å². The lowest BCUT2D eigenvalue weighted by Crippen LogP contribution is -2.48. The number of rotatable bonds is 4. The summed E-state index contributed by atoms with van der Waals surface area (Å²) in [6.07, 6.45) is -2.45. The number of para-hydroxylation sites is 2. The third-order valence-corrected chi connectivity index (χ3v) is 4.27. The molecule has 1 aliphatic rings. The Kier molecular flexibility index (Phi) is 5.76. The van der Waals surface area contributed by atoms with E-state index < -0.39 is 35.7 Å². The Balaban J connectivity index is 1.67. The van der Waals surface area contributed by atoms with Gasteiger partial charge in [0.2, 0.25) is 12.0 Å². The minimum absolute atomic E-state index is 0.0853. The highest BCUT2D eigenvalue weighted by Gasteiger charge is 2.35. The number of amides is 2. The first-order chi connectivity index (χ1) is 13.8. The maximum absolute atomic E-state index is 13.7. The molecule has 1 aliphatic heterocycles. The second kappa shape index (κ2) is 8.26. The molecular weight excluding hydrogens is 386 g/mol. The van der Waals surface area contributed by atoms with E-state index in [0.29, 0.717) is 11.4 Å². The summed E-state index contributed by atoms with van der Waals surface area (Å²) < 4.78 is 37.6. The predicted molar refractivity (Wildman–Crippen MR) is 99.4 cm³/mol. The summed E-state index contributed by atoms with van der Waals surface area (Å²) in [5.41, 5.74) is 0.153. The first kappa shape index (κ1) is 20.2. The van der Waals surface area contributed by atoms with Crippen LogP contribution in [0.5, 0.6) is 5.75 Å². The monoisotopic (exact) mass is 404 g/mol. The molecule has 2 amide bonds. The molecule has 0 aromatic heterocycles. The first-order valence-electron chi connectivity index (χ1n) is 8.76. The molecule has 1 N–H and O–H groups in total. The van der Waals surface area contributed by atoms with E-state index in [9.17, 15) is 23.2 Å². The molecule has 0 spiro atoms. The van der Waals surface area contributed by atoms with Gasteiger partial charge in [-0.25, -0.2) is 13.6 Å². The van der Waals surface area contributed by atoms with Crippen LogP contribution < -0.4 is 15.0 Å². The molecule has 0 saturated carbocycles. The molecule has 2 aromatic carbocycles. The van der Waals surface area contributed by atoms with Crippen molar-refractivity contribution in [2.75, 3.05) is 16.8 Å². The van der Waals surface area contributed by atoms with Crippen LogP contribution in [0.3, 0.4) is 0 Å². The number of benzene rings is 2. The zero-order chi connectivity index (χ0) is 21.1. The molecule has 0 aliphatic carbocycles. The lowest BCUT2D eigenvalue weighted by atomic mass is 10.2. The summed E-state index contributed by atoms with van der Waals surface area (Å²) in [5.74, 6) is -3.23. The number of nitrogens with one attached hydrogen (secondary N) is 1. The molecule has 2 aromatic rings.